The lowest BCUT2D eigenvalue weighted by atomic mass is 9.95. The zero-order chi connectivity index (χ0) is 30.8. The van der Waals surface area contributed by atoms with Crippen molar-refractivity contribution >= 4 is 56.5 Å². The Labute approximate surface area is 261 Å². The molecule has 4 aromatic carbocycles. The molecule has 44 heavy (non-hydrogen) atoms. The van der Waals surface area contributed by atoms with Crippen LogP contribution >= 0.6 is 23.1 Å². The second-order valence-corrected chi connectivity index (χ2v) is 12.0. The second kappa shape index (κ2) is 12.4. The molecular weight excluding hydrogens is 599 g/mol. The van der Waals surface area contributed by atoms with Crippen molar-refractivity contribution in [3.63, 3.8) is 0 Å². The topological polar surface area (TPSA) is 111 Å². The van der Waals surface area contributed by atoms with E-state index in [0.29, 0.717) is 38.5 Å². The largest absolute Gasteiger partial charge is 0.507 e. The van der Waals surface area contributed by atoms with Crippen LogP contribution in [0.1, 0.15) is 22.7 Å². The normalized spacial score (nSPS) is 16.0. The fourth-order valence-electron chi connectivity index (χ4n) is 5.19. The molecule has 1 aromatic heterocycles. The Morgan fingerprint density at radius 3 is 2.39 bits per heavy atom. The number of nitrogens with zero attached hydrogens (tertiary/aromatic N) is 3. The molecule has 5 aromatic rings. The molecule has 0 aliphatic carbocycles. The molecule has 6 rings (SSSR count). The standard InChI is InChI=1S/C33H27N3O6S2/c1-40-23-14-11-20(12-15-23)28-27(29(37)21-13-16-25(41-2)26(17-21)42-3)30(38)31(39)36(28)32-34-35-33(44-32)43-18-22-9-6-8-19-7-4-5-10-24(19)22/h4-17,28,37H,18H2,1-3H3/b29-27+. The Morgan fingerprint density at radius 1 is 0.886 bits per heavy atom. The van der Waals surface area contributed by atoms with Crippen molar-refractivity contribution in [3.8, 4) is 17.2 Å². The number of benzene rings is 4. The molecule has 1 unspecified atom stereocenters. The van der Waals surface area contributed by atoms with E-state index in [2.05, 4.69) is 34.5 Å². The van der Waals surface area contributed by atoms with E-state index in [4.69, 9.17) is 14.2 Å². The van der Waals surface area contributed by atoms with E-state index in [1.807, 2.05) is 18.2 Å². The first kappa shape index (κ1) is 29.2. The van der Waals surface area contributed by atoms with Crippen molar-refractivity contribution in [1.29, 1.82) is 0 Å². The van der Waals surface area contributed by atoms with Crippen LogP contribution < -0.4 is 19.1 Å². The van der Waals surface area contributed by atoms with Crippen molar-refractivity contribution < 1.29 is 28.9 Å². The molecule has 0 saturated carbocycles. The molecule has 2 heterocycles. The van der Waals surface area contributed by atoms with E-state index in [9.17, 15) is 14.7 Å². The minimum atomic E-state index is -0.960. The monoisotopic (exact) mass is 625 g/mol. The first-order chi connectivity index (χ1) is 21.4. The predicted octanol–water partition coefficient (Wildman–Crippen LogP) is 6.64. The number of methoxy groups -OCH3 is 3. The summed E-state index contributed by atoms with van der Waals surface area (Å²) in [5.74, 6) is 0.0854. The Hall–Kier alpha value is -4.87. The van der Waals surface area contributed by atoms with Crippen molar-refractivity contribution in [3.05, 3.63) is 107 Å². The second-order valence-electron chi connectivity index (χ2n) is 9.79. The SMILES string of the molecule is COc1ccc(C2/C(=C(\O)c3ccc(OC)c(OC)c3)C(=O)C(=O)N2c2nnc(SCc3cccc4ccccc34)s2)cc1. The van der Waals surface area contributed by atoms with Gasteiger partial charge in [-0.05, 0) is 52.2 Å². The number of ketones is 1. The fourth-order valence-corrected chi connectivity index (χ4v) is 7.06. The number of rotatable bonds is 9. The lowest BCUT2D eigenvalue weighted by Crippen LogP contribution is -2.29. The third-order valence-corrected chi connectivity index (χ3v) is 9.47. The summed E-state index contributed by atoms with van der Waals surface area (Å²) in [7, 11) is 4.53. The van der Waals surface area contributed by atoms with Gasteiger partial charge in [-0.25, -0.2) is 0 Å². The van der Waals surface area contributed by atoms with Crippen LogP contribution in [0.5, 0.6) is 17.2 Å². The molecule has 1 amide bonds. The van der Waals surface area contributed by atoms with Gasteiger partial charge in [0.2, 0.25) is 5.13 Å². The highest BCUT2D eigenvalue weighted by Gasteiger charge is 2.48. The van der Waals surface area contributed by atoms with Crippen molar-refractivity contribution in [2.45, 2.75) is 16.1 Å². The van der Waals surface area contributed by atoms with E-state index in [-0.39, 0.29) is 16.5 Å². The van der Waals surface area contributed by atoms with Crippen LogP contribution in [0.25, 0.3) is 16.5 Å². The van der Waals surface area contributed by atoms with Gasteiger partial charge in [0.05, 0.1) is 32.9 Å². The van der Waals surface area contributed by atoms with E-state index in [1.54, 1.807) is 49.6 Å². The van der Waals surface area contributed by atoms with E-state index in [0.717, 1.165) is 16.3 Å². The Bertz CT molecular complexity index is 1900. The lowest BCUT2D eigenvalue weighted by Gasteiger charge is -2.22. The predicted molar refractivity (Wildman–Crippen MR) is 171 cm³/mol. The Morgan fingerprint density at radius 2 is 1.64 bits per heavy atom. The number of aliphatic hydroxyl groups excluding tert-OH is 1. The number of Topliss-reactive ketones (excluding diaryl/α,β-unsaturated/α-hetero) is 1. The number of hydrogen-bond acceptors (Lipinski definition) is 10. The molecule has 222 valence electrons. The highest BCUT2D eigenvalue weighted by atomic mass is 32.2. The Balaban J connectivity index is 1.38. The van der Waals surface area contributed by atoms with Gasteiger partial charge in [-0.1, -0.05) is 77.7 Å². The number of aromatic nitrogens is 2. The number of carbonyl (C=O) groups is 2. The van der Waals surface area contributed by atoms with Crippen molar-refractivity contribution in [1.82, 2.24) is 10.2 Å². The van der Waals surface area contributed by atoms with Gasteiger partial charge in [-0.15, -0.1) is 10.2 Å². The maximum atomic E-state index is 13.6. The fraction of sp³-hybridized carbons (Fsp3) is 0.152. The molecule has 9 nitrogen and oxygen atoms in total. The van der Waals surface area contributed by atoms with Crippen LogP contribution in [-0.2, 0) is 15.3 Å². The molecule has 11 heteroatoms. The quantitative estimate of drug-likeness (QED) is 0.0634. The van der Waals surface area contributed by atoms with Crippen LogP contribution in [0.2, 0.25) is 0 Å². The molecule has 1 N–H and O–H groups in total. The van der Waals surface area contributed by atoms with Crippen LogP contribution in [-0.4, -0.2) is 48.3 Å². The van der Waals surface area contributed by atoms with Gasteiger partial charge in [-0.2, -0.15) is 0 Å². The van der Waals surface area contributed by atoms with E-state index in [1.165, 1.54) is 42.2 Å². The molecule has 1 saturated heterocycles. The average molecular weight is 626 g/mol. The summed E-state index contributed by atoms with van der Waals surface area (Å²) in [5.41, 5.74) is 1.96. The first-order valence-corrected chi connectivity index (χ1v) is 15.3. The minimum Gasteiger partial charge on any atom is -0.507 e. The number of hydrogen-bond donors (Lipinski definition) is 1. The number of ether oxygens (including phenoxy) is 3. The van der Waals surface area contributed by atoms with Gasteiger partial charge in [-0.3, -0.25) is 14.5 Å². The molecule has 1 atom stereocenters. The number of aliphatic hydroxyl groups is 1. The van der Waals surface area contributed by atoms with Crippen molar-refractivity contribution in [2.75, 3.05) is 26.2 Å². The van der Waals surface area contributed by atoms with Gasteiger partial charge >= 0.3 is 5.91 Å². The number of thioether (sulfide) groups is 1. The van der Waals surface area contributed by atoms with Crippen LogP contribution in [0.3, 0.4) is 0 Å². The summed E-state index contributed by atoms with van der Waals surface area (Å²) in [6.07, 6.45) is 0. The first-order valence-electron chi connectivity index (χ1n) is 13.5. The molecule has 1 aliphatic heterocycles. The zero-order valence-corrected chi connectivity index (χ0v) is 25.6. The van der Waals surface area contributed by atoms with Gasteiger partial charge in [0.1, 0.15) is 11.5 Å². The number of fused-ring (bicyclic) bond motifs is 1. The summed E-state index contributed by atoms with van der Waals surface area (Å²) in [6, 6.07) is 25.1. The molecule has 0 radical (unpaired) electrons. The van der Waals surface area contributed by atoms with Gasteiger partial charge in [0, 0.05) is 11.3 Å². The van der Waals surface area contributed by atoms with Crippen molar-refractivity contribution in [2.24, 2.45) is 0 Å². The smallest absolute Gasteiger partial charge is 0.301 e. The highest BCUT2D eigenvalue weighted by Crippen LogP contribution is 2.45. The summed E-state index contributed by atoms with van der Waals surface area (Å²) in [4.78, 5) is 28.5. The maximum Gasteiger partial charge on any atom is 0.301 e. The molecule has 1 aliphatic rings. The van der Waals surface area contributed by atoms with E-state index >= 15 is 0 Å². The van der Waals surface area contributed by atoms with Gasteiger partial charge in [0.15, 0.2) is 15.8 Å². The third kappa shape index (κ3) is 5.36. The average Bonchev–Trinajstić information content (AvgIpc) is 3.64. The lowest BCUT2D eigenvalue weighted by molar-refractivity contribution is -0.132. The highest BCUT2D eigenvalue weighted by molar-refractivity contribution is 8.00. The van der Waals surface area contributed by atoms with Crippen LogP contribution in [0, 0.1) is 0 Å². The molecule has 1 fully saturated rings. The number of carbonyl (C=O) groups excluding carboxylic acids is 2. The zero-order valence-electron chi connectivity index (χ0n) is 24.0. The minimum absolute atomic E-state index is 0.0763. The van der Waals surface area contributed by atoms with Crippen LogP contribution in [0.15, 0.2) is 94.8 Å². The Kier molecular flexibility index (Phi) is 8.23. The van der Waals surface area contributed by atoms with E-state index < -0.39 is 17.7 Å². The molecule has 0 spiro atoms. The molecular formula is C33H27N3O6S2. The number of amides is 1. The summed E-state index contributed by atoms with van der Waals surface area (Å²) in [5, 5.41) is 22.7. The number of anilines is 1. The summed E-state index contributed by atoms with van der Waals surface area (Å²) < 4.78 is 16.7. The van der Waals surface area contributed by atoms with Gasteiger partial charge < -0.3 is 19.3 Å². The summed E-state index contributed by atoms with van der Waals surface area (Å²) in [6.45, 7) is 0. The van der Waals surface area contributed by atoms with Crippen LogP contribution in [0.4, 0.5) is 5.13 Å². The summed E-state index contributed by atoms with van der Waals surface area (Å²) >= 11 is 2.72. The third-order valence-electron chi connectivity index (χ3n) is 7.37. The molecule has 0 bridgehead atoms. The van der Waals surface area contributed by atoms with Gasteiger partial charge in [0.25, 0.3) is 5.78 Å². The maximum absolute atomic E-state index is 13.6.